The lowest BCUT2D eigenvalue weighted by molar-refractivity contribution is -0.383. The van der Waals surface area contributed by atoms with Gasteiger partial charge in [-0.3, -0.25) is 24.7 Å². The van der Waals surface area contributed by atoms with E-state index >= 15 is 0 Å². The molecule has 0 aliphatic heterocycles. The summed E-state index contributed by atoms with van der Waals surface area (Å²) in [7, 11) is 0. The number of carboxylic acids is 1. The van der Waals surface area contributed by atoms with E-state index in [4.69, 9.17) is 14.6 Å². The minimum Gasteiger partial charge on any atom is -0.481 e. The molecule has 1 aromatic carbocycles. The van der Waals surface area contributed by atoms with Crippen molar-refractivity contribution in [3.8, 4) is 5.75 Å². The number of carbonyl (C=O) groups is 3. The summed E-state index contributed by atoms with van der Waals surface area (Å²) in [4.78, 5) is 48.3. The molecule has 0 aliphatic rings. The fourth-order valence-electron chi connectivity index (χ4n) is 2.27. The first-order valence-electron chi connectivity index (χ1n) is 7.60. The number of hydrogen-bond acceptors (Lipinski definition) is 8. The van der Waals surface area contributed by atoms with Crippen LogP contribution >= 0.6 is 0 Å². The zero-order valence-electron chi connectivity index (χ0n) is 14.1. The van der Waals surface area contributed by atoms with Crippen LogP contribution in [-0.2, 0) is 19.1 Å². The molecule has 0 bridgehead atoms. The van der Waals surface area contributed by atoms with Crippen molar-refractivity contribution in [1.82, 2.24) is 10.3 Å². The molecule has 11 nitrogen and oxygen atoms in total. The number of hydrogen-bond donors (Lipinski definition) is 2. The number of carboxylic acid groups (broad SMARTS) is 1. The van der Waals surface area contributed by atoms with E-state index in [1.54, 1.807) is 0 Å². The van der Waals surface area contributed by atoms with E-state index in [-0.39, 0.29) is 22.3 Å². The van der Waals surface area contributed by atoms with Crippen molar-refractivity contribution < 1.29 is 33.9 Å². The molecule has 0 radical (unpaired) electrons. The van der Waals surface area contributed by atoms with Gasteiger partial charge in [-0.05, 0) is 18.2 Å². The number of nitrogens with zero attached hydrogens (tertiary/aromatic N) is 2. The normalized spacial score (nSPS) is 11.4. The smallest absolute Gasteiger partial charge is 0.332 e. The van der Waals surface area contributed by atoms with Crippen molar-refractivity contribution >= 4 is 34.4 Å². The Morgan fingerprint density at radius 1 is 1.33 bits per heavy atom. The lowest BCUT2D eigenvalue weighted by Crippen LogP contribution is -2.42. The molecule has 1 amide bonds. The van der Waals surface area contributed by atoms with Crippen molar-refractivity contribution in [3.63, 3.8) is 0 Å². The van der Waals surface area contributed by atoms with Gasteiger partial charge in [-0.2, -0.15) is 0 Å². The number of esters is 1. The number of nitrogens with one attached hydrogen (secondary N) is 1. The molecule has 2 rings (SSSR count). The maximum absolute atomic E-state index is 11.9. The van der Waals surface area contributed by atoms with Crippen LogP contribution in [0.4, 0.5) is 5.69 Å². The highest BCUT2D eigenvalue weighted by molar-refractivity contribution is 5.92. The van der Waals surface area contributed by atoms with Crippen molar-refractivity contribution in [3.05, 3.63) is 40.6 Å². The number of ether oxygens (including phenoxy) is 2. The van der Waals surface area contributed by atoms with E-state index < -0.39 is 42.0 Å². The highest BCUT2D eigenvalue weighted by Crippen LogP contribution is 2.31. The van der Waals surface area contributed by atoms with Crippen LogP contribution in [0.1, 0.15) is 13.3 Å². The molecule has 0 saturated carbocycles. The number of rotatable bonds is 8. The van der Waals surface area contributed by atoms with E-state index in [1.165, 1.54) is 30.5 Å². The summed E-state index contributed by atoms with van der Waals surface area (Å²) in [5.74, 6) is -2.74. The fraction of sp³-hybridized carbons (Fsp3) is 0.250. The Bertz CT molecular complexity index is 882. The number of aliphatic carboxylic acids is 1. The minimum atomic E-state index is -1.37. The van der Waals surface area contributed by atoms with Crippen molar-refractivity contribution in [2.75, 3.05) is 6.79 Å². The molecule has 27 heavy (non-hydrogen) atoms. The van der Waals surface area contributed by atoms with Gasteiger partial charge in [0.25, 0.3) is 5.69 Å². The highest BCUT2D eigenvalue weighted by atomic mass is 16.7. The number of aromatic nitrogens is 1. The molecule has 1 atom stereocenters. The third kappa shape index (κ3) is 5.11. The van der Waals surface area contributed by atoms with Crippen molar-refractivity contribution in [2.45, 2.75) is 19.4 Å². The Kier molecular flexibility index (Phi) is 6.20. The SMILES string of the molecule is CC(=O)NC(CC(=O)O)C(=O)OCOc1ccc([N+](=O)[O-])c2cccnc12. The van der Waals surface area contributed by atoms with Crippen molar-refractivity contribution in [2.24, 2.45) is 0 Å². The molecule has 2 aromatic rings. The van der Waals surface area contributed by atoms with E-state index in [1.807, 2.05) is 0 Å². The first kappa shape index (κ1) is 19.6. The minimum absolute atomic E-state index is 0.137. The quantitative estimate of drug-likeness (QED) is 0.296. The standard InChI is InChI=1S/C16H15N3O8/c1-9(20)18-11(7-14(21)22)16(23)27-8-26-13-5-4-12(19(24)25)10-3-2-6-17-15(10)13/h2-6,11H,7-8H2,1H3,(H,18,20)(H,21,22). The third-order valence-electron chi connectivity index (χ3n) is 3.36. The van der Waals surface area contributed by atoms with Crippen LogP contribution in [-0.4, -0.2) is 45.7 Å². The van der Waals surface area contributed by atoms with Crippen LogP contribution in [0, 0.1) is 10.1 Å². The van der Waals surface area contributed by atoms with Crippen LogP contribution in [0.3, 0.4) is 0 Å². The summed E-state index contributed by atoms with van der Waals surface area (Å²) in [6.07, 6.45) is 0.769. The maximum Gasteiger partial charge on any atom is 0.332 e. The van der Waals surface area contributed by atoms with E-state index in [2.05, 4.69) is 10.3 Å². The first-order valence-corrected chi connectivity index (χ1v) is 7.60. The van der Waals surface area contributed by atoms with Gasteiger partial charge in [0.15, 0.2) is 0 Å². The van der Waals surface area contributed by atoms with Crippen LogP contribution in [0.15, 0.2) is 30.5 Å². The zero-order valence-corrected chi connectivity index (χ0v) is 14.1. The molecule has 0 spiro atoms. The van der Waals surface area contributed by atoms with Gasteiger partial charge in [0.2, 0.25) is 12.7 Å². The van der Waals surface area contributed by atoms with Gasteiger partial charge in [-0.15, -0.1) is 0 Å². The van der Waals surface area contributed by atoms with Crippen LogP contribution < -0.4 is 10.1 Å². The monoisotopic (exact) mass is 377 g/mol. The second-order valence-electron chi connectivity index (χ2n) is 5.32. The molecule has 0 saturated heterocycles. The van der Waals surface area contributed by atoms with Gasteiger partial charge in [0, 0.05) is 19.2 Å². The number of non-ortho nitro benzene ring substituents is 1. The predicted molar refractivity (Wildman–Crippen MR) is 89.8 cm³/mol. The number of amides is 1. The largest absolute Gasteiger partial charge is 0.481 e. The molecule has 1 heterocycles. The summed E-state index contributed by atoms with van der Waals surface area (Å²) in [5.41, 5.74) is 0.0429. The second-order valence-corrected chi connectivity index (χ2v) is 5.32. The Morgan fingerprint density at radius 3 is 2.70 bits per heavy atom. The topological polar surface area (TPSA) is 158 Å². The Balaban J connectivity index is 2.09. The summed E-state index contributed by atoms with van der Waals surface area (Å²) >= 11 is 0. The number of pyridine rings is 1. The maximum atomic E-state index is 11.9. The Labute approximate surface area is 152 Å². The van der Waals surface area contributed by atoms with Crippen molar-refractivity contribution in [1.29, 1.82) is 0 Å². The lowest BCUT2D eigenvalue weighted by atomic mass is 10.1. The van der Waals surface area contributed by atoms with Gasteiger partial charge in [-0.25, -0.2) is 4.79 Å². The van der Waals surface area contributed by atoms with Crippen LogP contribution in [0.5, 0.6) is 5.75 Å². The Morgan fingerprint density at radius 2 is 2.07 bits per heavy atom. The molecule has 142 valence electrons. The average Bonchev–Trinajstić information content (AvgIpc) is 2.60. The van der Waals surface area contributed by atoms with E-state index in [0.29, 0.717) is 0 Å². The summed E-state index contributed by atoms with van der Waals surface area (Å²) in [5, 5.41) is 22.3. The molecule has 1 unspecified atom stereocenters. The van der Waals surface area contributed by atoms with Gasteiger partial charge >= 0.3 is 11.9 Å². The number of benzene rings is 1. The lowest BCUT2D eigenvalue weighted by Gasteiger charge is -2.15. The Hall–Kier alpha value is -3.76. The van der Waals surface area contributed by atoms with Crippen LogP contribution in [0.2, 0.25) is 0 Å². The number of nitro groups is 1. The van der Waals surface area contributed by atoms with Gasteiger partial charge in [0.05, 0.1) is 16.7 Å². The van der Waals surface area contributed by atoms with Gasteiger partial charge < -0.3 is 19.9 Å². The summed E-state index contributed by atoms with van der Waals surface area (Å²) < 4.78 is 10.1. The molecule has 2 N–H and O–H groups in total. The number of nitro benzene ring substituents is 1. The summed E-state index contributed by atoms with van der Waals surface area (Å²) in [6.45, 7) is 0.533. The summed E-state index contributed by atoms with van der Waals surface area (Å²) in [6, 6.07) is 4.20. The molecule has 0 fully saturated rings. The first-order chi connectivity index (χ1) is 12.8. The third-order valence-corrected chi connectivity index (χ3v) is 3.36. The van der Waals surface area contributed by atoms with Crippen LogP contribution in [0.25, 0.3) is 10.9 Å². The van der Waals surface area contributed by atoms with Gasteiger partial charge in [0.1, 0.15) is 17.3 Å². The molecular formula is C16H15N3O8. The second kappa shape index (κ2) is 8.56. The van der Waals surface area contributed by atoms with E-state index in [9.17, 15) is 24.5 Å². The fourth-order valence-corrected chi connectivity index (χ4v) is 2.27. The predicted octanol–water partition coefficient (Wildman–Crippen LogP) is 1.00. The number of carbonyl (C=O) groups excluding carboxylic acids is 2. The average molecular weight is 377 g/mol. The zero-order chi connectivity index (χ0) is 20.0. The molecule has 11 heteroatoms. The molecule has 0 aliphatic carbocycles. The number of fused-ring (bicyclic) bond motifs is 1. The molecular weight excluding hydrogens is 362 g/mol. The van der Waals surface area contributed by atoms with E-state index in [0.717, 1.165) is 6.92 Å². The molecule has 1 aromatic heterocycles. The van der Waals surface area contributed by atoms with Gasteiger partial charge in [-0.1, -0.05) is 0 Å². The highest BCUT2D eigenvalue weighted by Gasteiger charge is 2.24.